The molecular formula is C15H11ClN4O3. The lowest BCUT2D eigenvalue weighted by molar-refractivity contribution is -0.666. The first-order valence-electron chi connectivity index (χ1n) is 6.69. The number of rotatable bonds is 3. The number of aromatic nitrogens is 4. The number of aromatic amines is 1. The number of benzene rings is 1. The number of nitrogens with zero attached hydrogens (tertiary/aromatic N) is 3. The van der Waals surface area contributed by atoms with E-state index >= 15 is 0 Å². The molecular weight excluding hydrogens is 320 g/mol. The highest BCUT2D eigenvalue weighted by molar-refractivity contribution is 5.62. The van der Waals surface area contributed by atoms with Gasteiger partial charge in [0.25, 0.3) is 5.89 Å². The standard InChI is InChI=1S/C15H10N4O3.ClH/c20-15-16-13-11(21-15)7-4-8-19(13)9-12-17-18-14(22-12)10-5-2-1-3-6-10;/h1-8H,9H2;1H. The lowest BCUT2D eigenvalue weighted by atomic mass is 10.2. The molecule has 0 unspecified atom stereocenters. The third-order valence-corrected chi connectivity index (χ3v) is 3.25. The van der Waals surface area contributed by atoms with Gasteiger partial charge in [0.2, 0.25) is 11.5 Å². The van der Waals surface area contributed by atoms with Gasteiger partial charge in [-0.25, -0.2) is 4.57 Å². The van der Waals surface area contributed by atoms with E-state index in [1.807, 2.05) is 30.3 Å². The third kappa shape index (κ3) is 2.86. The zero-order valence-corrected chi connectivity index (χ0v) is 12.5. The van der Waals surface area contributed by atoms with Gasteiger partial charge in [0, 0.05) is 5.56 Å². The summed E-state index contributed by atoms with van der Waals surface area (Å²) in [7, 11) is 0. The maximum absolute atomic E-state index is 11.3. The molecule has 0 fully saturated rings. The highest BCUT2D eigenvalue weighted by Crippen LogP contribution is 2.16. The molecule has 8 heteroatoms. The second-order valence-corrected chi connectivity index (χ2v) is 4.73. The van der Waals surface area contributed by atoms with Crippen molar-refractivity contribution in [3.63, 3.8) is 0 Å². The van der Waals surface area contributed by atoms with Gasteiger partial charge >= 0.3 is 11.4 Å². The number of H-pyrrole nitrogens is 1. The summed E-state index contributed by atoms with van der Waals surface area (Å²) in [5.41, 5.74) is 1.92. The Morgan fingerprint density at radius 3 is 2.70 bits per heavy atom. The Bertz CT molecular complexity index is 991. The van der Waals surface area contributed by atoms with Gasteiger partial charge in [0.15, 0.2) is 6.54 Å². The van der Waals surface area contributed by atoms with Crippen molar-refractivity contribution in [3.05, 3.63) is 65.1 Å². The van der Waals surface area contributed by atoms with Crippen LogP contribution in [0.4, 0.5) is 0 Å². The number of oxazole rings is 1. The second kappa shape index (κ2) is 6.05. The first-order valence-corrected chi connectivity index (χ1v) is 6.69. The van der Waals surface area contributed by atoms with Crippen molar-refractivity contribution in [1.29, 1.82) is 0 Å². The van der Waals surface area contributed by atoms with E-state index in [4.69, 9.17) is 8.83 Å². The van der Waals surface area contributed by atoms with Crippen molar-refractivity contribution in [2.24, 2.45) is 0 Å². The summed E-state index contributed by atoms with van der Waals surface area (Å²) in [5, 5.41) is 8.08. The van der Waals surface area contributed by atoms with Gasteiger partial charge in [0.05, 0.1) is 6.20 Å². The highest BCUT2D eigenvalue weighted by atomic mass is 35.5. The van der Waals surface area contributed by atoms with Crippen LogP contribution in [0.5, 0.6) is 0 Å². The van der Waals surface area contributed by atoms with Crippen LogP contribution in [0.3, 0.4) is 0 Å². The van der Waals surface area contributed by atoms with Gasteiger partial charge in [-0.2, -0.15) is 9.78 Å². The normalized spacial score (nSPS) is 10.6. The number of pyridine rings is 1. The second-order valence-electron chi connectivity index (χ2n) is 4.73. The summed E-state index contributed by atoms with van der Waals surface area (Å²) in [6.07, 6.45) is 1.81. The maximum atomic E-state index is 11.3. The molecule has 4 rings (SSSR count). The van der Waals surface area contributed by atoms with Crippen LogP contribution < -0.4 is 22.7 Å². The summed E-state index contributed by atoms with van der Waals surface area (Å²) in [6, 6.07) is 13.0. The van der Waals surface area contributed by atoms with Crippen molar-refractivity contribution in [2.45, 2.75) is 6.54 Å². The van der Waals surface area contributed by atoms with E-state index in [2.05, 4.69) is 15.2 Å². The molecule has 0 atom stereocenters. The molecule has 0 aliphatic rings. The average molecular weight is 331 g/mol. The van der Waals surface area contributed by atoms with Gasteiger partial charge in [-0.1, -0.05) is 18.2 Å². The topological polar surface area (TPSA) is 88.8 Å². The maximum Gasteiger partial charge on any atom is 0.510 e. The number of nitrogens with one attached hydrogen (secondary N) is 1. The molecule has 0 radical (unpaired) electrons. The van der Waals surface area contributed by atoms with E-state index in [0.29, 0.717) is 29.6 Å². The summed E-state index contributed by atoms with van der Waals surface area (Å²) >= 11 is 0. The molecule has 3 heterocycles. The molecule has 23 heavy (non-hydrogen) atoms. The number of hydrogen-bond acceptors (Lipinski definition) is 5. The molecule has 1 aromatic carbocycles. The fourth-order valence-corrected chi connectivity index (χ4v) is 2.26. The lowest BCUT2D eigenvalue weighted by Gasteiger charge is -1.96. The van der Waals surface area contributed by atoms with Gasteiger partial charge in [-0.15, -0.1) is 10.2 Å². The monoisotopic (exact) mass is 330 g/mol. The zero-order valence-electron chi connectivity index (χ0n) is 11.8. The molecule has 0 bridgehead atoms. The van der Waals surface area contributed by atoms with Crippen molar-refractivity contribution in [2.75, 3.05) is 0 Å². The van der Waals surface area contributed by atoms with E-state index in [-0.39, 0.29) is 12.4 Å². The Labute approximate surface area is 136 Å². The van der Waals surface area contributed by atoms with Crippen molar-refractivity contribution >= 4 is 11.2 Å². The predicted octanol–water partition coefficient (Wildman–Crippen LogP) is -1.49. The lowest BCUT2D eigenvalue weighted by Crippen LogP contribution is -3.00. The summed E-state index contributed by atoms with van der Waals surface area (Å²) in [4.78, 5) is 13.9. The van der Waals surface area contributed by atoms with Gasteiger partial charge < -0.3 is 21.2 Å². The molecule has 3 aromatic heterocycles. The number of hydrogen-bond donors (Lipinski definition) is 1. The van der Waals surface area contributed by atoms with Crippen LogP contribution in [0.15, 0.2) is 62.3 Å². The first kappa shape index (κ1) is 15.0. The molecule has 0 saturated heterocycles. The Kier molecular flexibility index (Phi) is 3.94. The van der Waals surface area contributed by atoms with Crippen molar-refractivity contribution < 1.29 is 25.8 Å². The van der Waals surface area contributed by atoms with Crippen LogP contribution in [-0.4, -0.2) is 15.2 Å². The van der Waals surface area contributed by atoms with Gasteiger partial charge in [0.1, 0.15) is 0 Å². The van der Waals surface area contributed by atoms with Crippen LogP contribution in [0.2, 0.25) is 0 Å². The minimum absolute atomic E-state index is 0. The molecule has 0 saturated carbocycles. The molecule has 0 aliphatic heterocycles. The summed E-state index contributed by atoms with van der Waals surface area (Å²) < 4.78 is 12.5. The van der Waals surface area contributed by atoms with Crippen molar-refractivity contribution in [3.8, 4) is 11.5 Å². The van der Waals surface area contributed by atoms with Crippen LogP contribution in [0.1, 0.15) is 5.89 Å². The molecule has 0 spiro atoms. The van der Waals surface area contributed by atoms with E-state index in [1.54, 1.807) is 22.9 Å². The van der Waals surface area contributed by atoms with Crippen LogP contribution in [0, 0.1) is 0 Å². The minimum atomic E-state index is -0.495. The van der Waals surface area contributed by atoms with E-state index in [0.717, 1.165) is 5.56 Å². The minimum Gasteiger partial charge on any atom is -1.00 e. The quantitative estimate of drug-likeness (QED) is 0.462. The van der Waals surface area contributed by atoms with E-state index < -0.39 is 5.76 Å². The summed E-state index contributed by atoms with van der Waals surface area (Å²) in [6.45, 7) is 0.340. The fourth-order valence-electron chi connectivity index (χ4n) is 2.26. The average Bonchev–Trinajstić information content (AvgIpc) is 3.14. The van der Waals surface area contributed by atoms with Crippen molar-refractivity contribution in [1.82, 2.24) is 15.2 Å². The molecule has 0 aliphatic carbocycles. The Hall–Kier alpha value is -2.93. The van der Waals surface area contributed by atoms with E-state index in [1.165, 1.54) is 0 Å². The highest BCUT2D eigenvalue weighted by Gasteiger charge is 2.16. The Morgan fingerprint density at radius 1 is 1.04 bits per heavy atom. The molecule has 0 amide bonds. The molecule has 4 aromatic rings. The molecule has 116 valence electrons. The van der Waals surface area contributed by atoms with Gasteiger partial charge in [-0.3, -0.25) is 0 Å². The fraction of sp³-hybridized carbons (Fsp3) is 0.0667. The zero-order chi connectivity index (χ0) is 14.9. The Morgan fingerprint density at radius 2 is 1.87 bits per heavy atom. The molecule has 7 nitrogen and oxygen atoms in total. The summed E-state index contributed by atoms with van der Waals surface area (Å²) in [5.74, 6) is 0.410. The third-order valence-electron chi connectivity index (χ3n) is 3.25. The van der Waals surface area contributed by atoms with Gasteiger partial charge in [-0.05, 0) is 24.3 Å². The smallest absolute Gasteiger partial charge is 0.510 e. The van der Waals surface area contributed by atoms with Crippen LogP contribution in [-0.2, 0) is 6.54 Å². The Balaban J connectivity index is 0.00000156. The largest absolute Gasteiger partial charge is 1.00 e. The number of halogens is 1. The SMILES string of the molecule is O=c1[nH]c2c(ccc[n+]2Cc2nnc(-c3ccccc3)o2)o1.[Cl-]. The van der Waals surface area contributed by atoms with Crippen LogP contribution in [0.25, 0.3) is 22.7 Å². The van der Waals surface area contributed by atoms with Crippen LogP contribution >= 0.6 is 0 Å². The first-order chi connectivity index (χ1) is 10.8. The van der Waals surface area contributed by atoms with E-state index in [9.17, 15) is 4.79 Å². The predicted molar refractivity (Wildman–Crippen MR) is 75.9 cm³/mol. The molecule has 1 N–H and O–H groups in total. The number of fused-ring (bicyclic) bond motifs is 1.